The van der Waals surface area contributed by atoms with Crippen molar-refractivity contribution in [2.75, 3.05) is 10.6 Å². The van der Waals surface area contributed by atoms with Crippen molar-refractivity contribution in [2.45, 2.75) is 19.9 Å². The average Bonchev–Trinajstić information content (AvgIpc) is 2.43. The summed E-state index contributed by atoms with van der Waals surface area (Å²) < 4.78 is 13.8. The zero-order valence-electron chi connectivity index (χ0n) is 11.8. The fourth-order valence-corrected chi connectivity index (χ4v) is 2.14. The molecule has 21 heavy (non-hydrogen) atoms. The van der Waals surface area contributed by atoms with Gasteiger partial charge in [-0.15, -0.1) is 0 Å². The van der Waals surface area contributed by atoms with Gasteiger partial charge in [-0.25, -0.2) is 4.39 Å². The van der Waals surface area contributed by atoms with Crippen molar-refractivity contribution >= 4 is 33.2 Å². The van der Waals surface area contributed by atoms with E-state index in [4.69, 9.17) is 0 Å². The van der Waals surface area contributed by atoms with Crippen LogP contribution in [0, 0.1) is 5.82 Å². The third-order valence-corrected chi connectivity index (χ3v) is 3.44. The summed E-state index contributed by atoms with van der Waals surface area (Å²) in [5, 5.41) is 5.92. The van der Waals surface area contributed by atoms with Crippen LogP contribution in [0.4, 0.5) is 15.8 Å². The topological polar surface area (TPSA) is 41.1 Å². The van der Waals surface area contributed by atoms with Gasteiger partial charge in [-0.1, -0.05) is 12.1 Å². The first-order chi connectivity index (χ1) is 9.97. The van der Waals surface area contributed by atoms with Crippen molar-refractivity contribution in [3.05, 3.63) is 58.3 Å². The second-order valence-corrected chi connectivity index (χ2v) is 5.78. The molecule has 3 nitrogen and oxygen atoms in total. The smallest absolute Gasteiger partial charge is 0.257 e. The Morgan fingerprint density at radius 3 is 2.57 bits per heavy atom. The van der Waals surface area contributed by atoms with Gasteiger partial charge in [-0.05, 0) is 60.1 Å². The molecule has 2 rings (SSSR count). The summed E-state index contributed by atoms with van der Waals surface area (Å²) in [6.45, 7) is 4.00. The minimum Gasteiger partial charge on any atom is -0.382 e. The molecule has 110 valence electrons. The van der Waals surface area contributed by atoms with Crippen molar-refractivity contribution in [1.29, 1.82) is 0 Å². The second-order valence-electron chi connectivity index (χ2n) is 4.93. The number of para-hydroxylation sites is 1. The molecular weight excluding hydrogens is 335 g/mol. The Hall–Kier alpha value is -1.88. The maximum absolute atomic E-state index is 13.5. The van der Waals surface area contributed by atoms with E-state index in [0.29, 0.717) is 15.7 Å². The van der Waals surface area contributed by atoms with Crippen molar-refractivity contribution < 1.29 is 9.18 Å². The van der Waals surface area contributed by atoms with E-state index in [9.17, 15) is 9.18 Å². The minimum atomic E-state index is -0.415. The summed E-state index contributed by atoms with van der Waals surface area (Å²) in [4.78, 5) is 12.3. The van der Waals surface area contributed by atoms with Crippen LogP contribution in [0.3, 0.4) is 0 Å². The highest BCUT2D eigenvalue weighted by molar-refractivity contribution is 9.10. The molecule has 0 fully saturated rings. The summed E-state index contributed by atoms with van der Waals surface area (Å²) in [6, 6.07) is 11.9. The SMILES string of the molecule is CC(C)Nc1ccccc1C(=O)Nc1ccc(Br)c(F)c1. The second kappa shape index (κ2) is 6.72. The van der Waals surface area contributed by atoms with Gasteiger partial charge in [0.05, 0.1) is 10.0 Å². The van der Waals surface area contributed by atoms with Crippen LogP contribution in [0.15, 0.2) is 46.9 Å². The molecule has 0 aromatic heterocycles. The number of nitrogens with one attached hydrogen (secondary N) is 2. The molecule has 0 aliphatic heterocycles. The molecule has 0 heterocycles. The Morgan fingerprint density at radius 2 is 1.90 bits per heavy atom. The predicted octanol–water partition coefficient (Wildman–Crippen LogP) is 4.66. The van der Waals surface area contributed by atoms with Gasteiger partial charge in [0.25, 0.3) is 5.91 Å². The molecule has 0 saturated heterocycles. The van der Waals surface area contributed by atoms with Crippen LogP contribution in [0.2, 0.25) is 0 Å². The zero-order valence-corrected chi connectivity index (χ0v) is 13.4. The first-order valence-electron chi connectivity index (χ1n) is 6.59. The highest BCUT2D eigenvalue weighted by Gasteiger charge is 2.12. The van der Waals surface area contributed by atoms with Crippen molar-refractivity contribution in [3.8, 4) is 0 Å². The molecule has 0 unspecified atom stereocenters. The molecule has 0 atom stereocenters. The van der Waals surface area contributed by atoms with Gasteiger partial charge >= 0.3 is 0 Å². The lowest BCUT2D eigenvalue weighted by Gasteiger charge is -2.14. The maximum Gasteiger partial charge on any atom is 0.257 e. The van der Waals surface area contributed by atoms with Crippen LogP contribution >= 0.6 is 15.9 Å². The van der Waals surface area contributed by atoms with E-state index in [1.165, 1.54) is 6.07 Å². The lowest BCUT2D eigenvalue weighted by molar-refractivity contribution is 0.102. The van der Waals surface area contributed by atoms with Crippen LogP contribution < -0.4 is 10.6 Å². The zero-order chi connectivity index (χ0) is 15.4. The van der Waals surface area contributed by atoms with Crippen molar-refractivity contribution in [1.82, 2.24) is 0 Å². The molecule has 2 N–H and O–H groups in total. The number of amides is 1. The first kappa shape index (κ1) is 15.5. The third-order valence-electron chi connectivity index (χ3n) is 2.79. The summed E-state index contributed by atoms with van der Waals surface area (Å²) in [5.74, 6) is -0.693. The Morgan fingerprint density at radius 1 is 1.19 bits per heavy atom. The van der Waals surface area contributed by atoms with E-state index < -0.39 is 5.82 Å². The molecule has 1 amide bonds. The van der Waals surface area contributed by atoms with Gasteiger partial charge in [0.1, 0.15) is 5.82 Å². The maximum atomic E-state index is 13.5. The van der Waals surface area contributed by atoms with Crippen molar-refractivity contribution in [2.24, 2.45) is 0 Å². The van der Waals surface area contributed by atoms with E-state index in [2.05, 4.69) is 26.6 Å². The largest absolute Gasteiger partial charge is 0.382 e. The molecular formula is C16H16BrFN2O. The number of halogens is 2. The molecule has 0 aliphatic carbocycles. The van der Waals surface area contributed by atoms with E-state index >= 15 is 0 Å². The lowest BCUT2D eigenvalue weighted by Crippen LogP contribution is -2.17. The van der Waals surface area contributed by atoms with Gasteiger partial charge < -0.3 is 10.6 Å². The Bertz CT molecular complexity index is 658. The summed E-state index contributed by atoms with van der Waals surface area (Å²) in [5.41, 5.74) is 1.69. The highest BCUT2D eigenvalue weighted by Crippen LogP contribution is 2.21. The molecule has 0 spiro atoms. The summed E-state index contributed by atoms with van der Waals surface area (Å²) in [6.07, 6.45) is 0. The first-order valence-corrected chi connectivity index (χ1v) is 7.38. The normalized spacial score (nSPS) is 10.5. The van der Waals surface area contributed by atoms with Gasteiger partial charge in [-0.3, -0.25) is 4.79 Å². The molecule has 0 aliphatic rings. The van der Waals surface area contributed by atoms with Gasteiger partial charge in [0.2, 0.25) is 0 Å². The minimum absolute atomic E-state index is 0.212. The number of hydrogen-bond acceptors (Lipinski definition) is 2. The van der Waals surface area contributed by atoms with Gasteiger partial charge in [0, 0.05) is 17.4 Å². The third kappa shape index (κ3) is 4.04. The van der Waals surface area contributed by atoms with Crippen LogP contribution in [-0.4, -0.2) is 11.9 Å². The van der Waals surface area contributed by atoms with Crippen LogP contribution in [0.5, 0.6) is 0 Å². The van der Waals surface area contributed by atoms with Gasteiger partial charge in [-0.2, -0.15) is 0 Å². The standard InChI is InChI=1S/C16H16BrFN2O/c1-10(2)19-15-6-4-3-5-12(15)16(21)20-11-7-8-13(17)14(18)9-11/h3-10,19H,1-2H3,(H,20,21). The molecule has 2 aromatic rings. The van der Waals surface area contributed by atoms with Gasteiger partial charge in [0.15, 0.2) is 0 Å². The van der Waals surface area contributed by atoms with Crippen molar-refractivity contribution in [3.63, 3.8) is 0 Å². The van der Waals surface area contributed by atoms with E-state index in [-0.39, 0.29) is 11.9 Å². The predicted molar refractivity (Wildman–Crippen MR) is 87.3 cm³/mol. The van der Waals surface area contributed by atoms with E-state index in [1.54, 1.807) is 24.3 Å². The summed E-state index contributed by atoms with van der Waals surface area (Å²) in [7, 11) is 0. The van der Waals surface area contributed by atoms with Crippen LogP contribution in [0.1, 0.15) is 24.2 Å². The number of carbonyl (C=O) groups is 1. The van der Waals surface area contributed by atoms with E-state index in [0.717, 1.165) is 5.69 Å². The Kier molecular flexibility index (Phi) is 4.96. The Labute approximate surface area is 131 Å². The number of anilines is 2. The molecule has 0 radical (unpaired) electrons. The number of benzene rings is 2. The fraction of sp³-hybridized carbons (Fsp3) is 0.188. The number of hydrogen-bond donors (Lipinski definition) is 2. The molecule has 2 aromatic carbocycles. The van der Waals surface area contributed by atoms with E-state index in [1.807, 2.05) is 26.0 Å². The Balaban J connectivity index is 2.22. The summed E-state index contributed by atoms with van der Waals surface area (Å²) >= 11 is 3.08. The van der Waals surface area contributed by atoms with Crippen LogP contribution in [-0.2, 0) is 0 Å². The fourth-order valence-electron chi connectivity index (χ4n) is 1.89. The molecule has 0 bridgehead atoms. The molecule has 5 heteroatoms. The lowest BCUT2D eigenvalue weighted by atomic mass is 10.1. The number of rotatable bonds is 4. The molecule has 0 saturated carbocycles. The van der Waals surface area contributed by atoms with Crippen LogP contribution in [0.25, 0.3) is 0 Å². The highest BCUT2D eigenvalue weighted by atomic mass is 79.9. The quantitative estimate of drug-likeness (QED) is 0.841. The monoisotopic (exact) mass is 350 g/mol. The average molecular weight is 351 g/mol. The number of carbonyl (C=O) groups excluding carboxylic acids is 1.